The van der Waals surface area contributed by atoms with Crippen LogP contribution < -0.4 is 5.32 Å². The number of carbonyl (C=O) groups is 1. The van der Waals surface area contributed by atoms with Crippen LogP contribution in [-0.4, -0.2) is 23.7 Å². The maximum absolute atomic E-state index is 12.2. The Morgan fingerprint density at radius 2 is 1.72 bits per heavy atom. The Labute approximate surface area is 151 Å². The van der Waals surface area contributed by atoms with Crippen molar-refractivity contribution in [2.75, 3.05) is 6.54 Å². The largest absolute Gasteiger partial charge is 0.393 e. The predicted octanol–water partition coefficient (Wildman–Crippen LogP) is 3.91. The molecule has 0 saturated heterocycles. The second kappa shape index (κ2) is 9.38. The Bertz CT molecular complexity index is 659. The van der Waals surface area contributed by atoms with E-state index in [9.17, 15) is 9.90 Å². The van der Waals surface area contributed by atoms with Gasteiger partial charge in [0.05, 0.1) is 6.10 Å². The zero-order valence-corrected chi connectivity index (χ0v) is 15.5. The zero-order valence-electron chi connectivity index (χ0n) is 15.5. The number of amides is 1. The van der Waals surface area contributed by atoms with Gasteiger partial charge in [-0.1, -0.05) is 59.7 Å². The summed E-state index contributed by atoms with van der Waals surface area (Å²) < 4.78 is 0. The van der Waals surface area contributed by atoms with Crippen LogP contribution in [0, 0.1) is 13.8 Å². The van der Waals surface area contributed by atoms with Crippen molar-refractivity contribution in [1.29, 1.82) is 0 Å². The molecule has 2 aromatic rings. The normalized spacial score (nSPS) is 13.3. The van der Waals surface area contributed by atoms with Crippen molar-refractivity contribution in [2.24, 2.45) is 0 Å². The highest BCUT2D eigenvalue weighted by atomic mass is 16.3. The van der Waals surface area contributed by atoms with Crippen LogP contribution in [0.3, 0.4) is 0 Å². The number of hydrogen-bond donors (Lipinski definition) is 2. The molecular formula is C22H29NO2. The van der Waals surface area contributed by atoms with E-state index in [2.05, 4.69) is 49.5 Å². The van der Waals surface area contributed by atoms with Crippen molar-refractivity contribution in [3.63, 3.8) is 0 Å². The second-order valence-corrected chi connectivity index (χ2v) is 6.99. The van der Waals surface area contributed by atoms with Gasteiger partial charge in [-0.25, -0.2) is 0 Å². The highest BCUT2D eigenvalue weighted by Crippen LogP contribution is 2.20. The SMILES string of the molecule is Cc1cc(C)cc(CCC(=O)NCC(CC(C)O)c2ccccc2)c1. The quantitative estimate of drug-likeness (QED) is 0.766. The van der Waals surface area contributed by atoms with Gasteiger partial charge in [-0.15, -0.1) is 0 Å². The third kappa shape index (κ3) is 6.71. The maximum Gasteiger partial charge on any atom is 0.220 e. The standard InChI is InChI=1S/C22H29NO2/c1-16-11-17(2)13-19(12-16)9-10-22(25)23-15-21(14-18(3)24)20-7-5-4-6-8-20/h4-8,11-13,18,21,24H,9-10,14-15H2,1-3H3,(H,23,25). The van der Waals surface area contributed by atoms with Gasteiger partial charge < -0.3 is 10.4 Å². The van der Waals surface area contributed by atoms with E-state index in [-0.39, 0.29) is 11.8 Å². The average Bonchev–Trinajstić information content (AvgIpc) is 2.56. The molecule has 0 heterocycles. The Balaban J connectivity index is 1.88. The molecule has 2 atom stereocenters. The fraction of sp³-hybridized carbons (Fsp3) is 0.409. The van der Waals surface area contributed by atoms with Gasteiger partial charge in [-0.3, -0.25) is 4.79 Å². The van der Waals surface area contributed by atoms with Gasteiger partial charge in [0, 0.05) is 18.9 Å². The fourth-order valence-electron chi connectivity index (χ4n) is 3.27. The monoisotopic (exact) mass is 339 g/mol. The minimum atomic E-state index is -0.391. The van der Waals surface area contributed by atoms with Crippen molar-refractivity contribution >= 4 is 5.91 Å². The van der Waals surface area contributed by atoms with Crippen LogP contribution >= 0.6 is 0 Å². The number of benzene rings is 2. The lowest BCUT2D eigenvalue weighted by molar-refractivity contribution is -0.121. The summed E-state index contributed by atoms with van der Waals surface area (Å²) in [6, 6.07) is 16.5. The third-order valence-corrected chi connectivity index (χ3v) is 4.36. The lowest BCUT2D eigenvalue weighted by Crippen LogP contribution is -2.29. The smallest absolute Gasteiger partial charge is 0.220 e. The molecule has 0 saturated carbocycles. The van der Waals surface area contributed by atoms with Crippen LogP contribution in [0.1, 0.15) is 47.9 Å². The molecule has 134 valence electrons. The molecule has 0 bridgehead atoms. The molecule has 25 heavy (non-hydrogen) atoms. The predicted molar refractivity (Wildman–Crippen MR) is 103 cm³/mol. The Morgan fingerprint density at radius 1 is 1.08 bits per heavy atom. The van der Waals surface area contributed by atoms with Gasteiger partial charge in [0.2, 0.25) is 5.91 Å². The Kier molecular flexibility index (Phi) is 7.20. The summed E-state index contributed by atoms with van der Waals surface area (Å²) in [5.41, 5.74) is 4.82. The molecule has 0 fully saturated rings. The van der Waals surface area contributed by atoms with E-state index < -0.39 is 6.10 Å². The van der Waals surface area contributed by atoms with Crippen molar-refractivity contribution in [3.05, 3.63) is 70.8 Å². The summed E-state index contributed by atoms with van der Waals surface area (Å²) in [5, 5.41) is 12.8. The van der Waals surface area contributed by atoms with Gasteiger partial charge in [-0.05, 0) is 44.7 Å². The summed E-state index contributed by atoms with van der Waals surface area (Å²) in [6.45, 7) is 6.51. The Hall–Kier alpha value is -2.13. The lowest BCUT2D eigenvalue weighted by Gasteiger charge is -2.19. The second-order valence-electron chi connectivity index (χ2n) is 6.99. The molecule has 2 N–H and O–H groups in total. The van der Waals surface area contributed by atoms with Crippen molar-refractivity contribution in [3.8, 4) is 0 Å². The maximum atomic E-state index is 12.2. The van der Waals surface area contributed by atoms with E-state index in [0.717, 1.165) is 12.0 Å². The van der Waals surface area contributed by atoms with Crippen molar-refractivity contribution in [1.82, 2.24) is 5.32 Å². The molecular weight excluding hydrogens is 310 g/mol. The minimum Gasteiger partial charge on any atom is -0.393 e. The third-order valence-electron chi connectivity index (χ3n) is 4.36. The van der Waals surface area contributed by atoms with Gasteiger partial charge in [0.25, 0.3) is 0 Å². The first-order valence-corrected chi connectivity index (χ1v) is 9.01. The summed E-state index contributed by atoms with van der Waals surface area (Å²) >= 11 is 0. The molecule has 2 unspecified atom stereocenters. The summed E-state index contributed by atoms with van der Waals surface area (Å²) in [6.07, 6.45) is 1.48. The zero-order chi connectivity index (χ0) is 18.2. The van der Waals surface area contributed by atoms with Gasteiger partial charge >= 0.3 is 0 Å². The van der Waals surface area contributed by atoms with Crippen molar-refractivity contribution in [2.45, 2.75) is 52.1 Å². The van der Waals surface area contributed by atoms with E-state index in [1.54, 1.807) is 6.92 Å². The van der Waals surface area contributed by atoms with Crippen LogP contribution in [0.25, 0.3) is 0 Å². The molecule has 0 aromatic heterocycles. The van der Waals surface area contributed by atoms with Crippen LogP contribution in [0.5, 0.6) is 0 Å². The van der Waals surface area contributed by atoms with Gasteiger partial charge in [-0.2, -0.15) is 0 Å². The molecule has 0 aliphatic carbocycles. The number of aryl methyl sites for hydroxylation is 3. The molecule has 2 aromatic carbocycles. The molecule has 1 amide bonds. The number of rotatable bonds is 8. The van der Waals surface area contributed by atoms with E-state index in [4.69, 9.17) is 0 Å². The fourth-order valence-corrected chi connectivity index (χ4v) is 3.27. The van der Waals surface area contributed by atoms with Gasteiger partial charge in [0.1, 0.15) is 0 Å². The lowest BCUT2D eigenvalue weighted by atomic mass is 9.93. The molecule has 0 aliphatic heterocycles. The first kappa shape index (κ1) is 19.2. The number of aliphatic hydroxyl groups is 1. The number of hydrogen-bond acceptors (Lipinski definition) is 2. The first-order chi connectivity index (χ1) is 11.9. The summed E-state index contributed by atoms with van der Waals surface area (Å²) in [7, 11) is 0. The Morgan fingerprint density at radius 3 is 2.32 bits per heavy atom. The van der Waals surface area contributed by atoms with Crippen LogP contribution in [0.2, 0.25) is 0 Å². The van der Waals surface area contributed by atoms with Crippen LogP contribution in [-0.2, 0) is 11.2 Å². The van der Waals surface area contributed by atoms with Gasteiger partial charge in [0.15, 0.2) is 0 Å². The average molecular weight is 339 g/mol. The molecule has 0 aliphatic rings. The number of carbonyl (C=O) groups excluding carboxylic acids is 1. The van der Waals surface area contributed by atoms with E-state index >= 15 is 0 Å². The molecule has 0 radical (unpaired) electrons. The summed E-state index contributed by atoms with van der Waals surface area (Å²) in [4.78, 5) is 12.2. The molecule has 3 heteroatoms. The van der Waals surface area contributed by atoms with Crippen LogP contribution in [0.4, 0.5) is 0 Å². The number of nitrogens with one attached hydrogen (secondary N) is 1. The summed E-state index contributed by atoms with van der Waals surface area (Å²) in [5.74, 6) is 0.192. The molecule has 2 rings (SSSR count). The topological polar surface area (TPSA) is 49.3 Å². The molecule has 0 spiro atoms. The van der Waals surface area contributed by atoms with E-state index in [1.165, 1.54) is 16.7 Å². The van der Waals surface area contributed by atoms with Crippen LogP contribution in [0.15, 0.2) is 48.5 Å². The highest BCUT2D eigenvalue weighted by molar-refractivity contribution is 5.76. The highest BCUT2D eigenvalue weighted by Gasteiger charge is 2.15. The van der Waals surface area contributed by atoms with E-state index in [0.29, 0.717) is 19.4 Å². The number of aliphatic hydroxyl groups excluding tert-OH is 1. The first-order valence-electron chi connectivity index (χ1n) is 9.01. The molecule has 3 nitrogen and oxygen atoms in total. The van der Waals surface area contributed by atoms with Crippen molar-refractivity contribution < 1.29 is 9.90 Å². The minimum absolute atomic E-state index is 0.0608. The van der Waals surface area contributed by atoms with E-state index in [1.807, 2.05) is 18.2 Å².